The minimum Gasteiger partial charge on any atom is -0.497 e. The number of carbonyl (C=O) groups excluding carboxylic acids is 2. The second-order valence-corrected chi connectivity index (χ2v) is 6.70. The second-order valence-electron chi connectivity index (χ2n) is 6.70. The zero-order chi connectivity index (χ0) is 17.0. The lowest BCUT2D eigenvalue weighted by Crippen LogP contribution is -2.48. The van der Waals surface area contributed by atoms with Crippen molar-refractivity contribution in [1.82, 2.24) is 10.2 Å². The van der Waals surface area contributed by atoms with E-state index in [0.717, 1.165) is 24.2 Å². The van der Waals surface area contributed by atoms with Crippen LogP contribution in [0.4, 0.5) is 0 Å². The first kappa shape index (κ1) is 17.3. The van der Waals surface area contributed by atoms with Gasteiger partial charge in [-0.15, -0.1) is 0 Å². The Morgan fingerprint density at radius 2 is 1.96 bits per heavy atom. The van der Waals surface area contributed by atoms with Gasteiger partial charge in [0, 0.05) is 25.4 Å². The third kappa shape index (κ3) is 4.03. The molecule has 1 N–H and O–H groups in total. The highest BCUT2D eigenvalue weighted by Gasteiger charge is 2.33. The normalized spacial score (nSPS) is 17.9. The van der Waals surface area contributed by atoms with Gasteiger partial charge >= 0.3 is 0 Å². The number of rotatable bonds is 5. The molecule has 1 atom stereocenters. The number of carbonyl (C=O) groups is 2. The molecule has 1 aromatic rings. The predicted molar refractivity (Wildman–Crippen MR) is 89.4 cm³/mol. The summed E-state index contributed by atoms with van der Waals surface area (Å²) in [5.74, 6) is 0.730. The van der Waals surface area contributed by atoms with Crippen molar-refractivity contribution in [2.75, 3.05) is 20.2 Å². The standard InChI is InChI=1S/C18H26N2O3/c1-13(21)20-11-5-6-16(20)17(22)19-12-18(2,3)14-7-9-15(23-4)10-8-14/h7-10,16H,5-6,11-12H2,1-4H3,(H,19,22)/t16-/m0/s1. The Balaban J connectivity index is 1.97. The maximum Gasteiger partial charge on any atom is 0.242 e. The molecule has 0 radical (unpaired) electrons. The van der Waals surface area contributed by atoms with Crippen LogP contribution in [0.1, 0.15) is 39.2 Å². The van der Waals surface area contributed by atoms with E-state index in [1.165, 1.54) is 6.92 Å². The minimum atomic E-state index is -0.320. The van der Waals surface area contributed by atoms with Gasteiger partial charge in [0.1, 0.15) is 11.8 Å². The average Bonchev–Trinajstić information content (AvgIpc) is 3.02. The maximum absolute atomic E-state index is 12.4. The highest BCUT2D eigenvalue weighted by Crippen LogP contribution is 2.25. The fourth-order valence-corrected chi connectivity index (χ4v) is 2.99. The van der Waals surface area contributed by atoms with Gasteiger partial charge in [0.2, 0.25) is 11.8 Å². The molecule has 2 amide bonds. The Bertz CT molecular complexity index is 566. The summed E-state index contributed by atoms with van der Waals surface area (Å²) in [6.07, 6.45) is 1.63. The van der Waals surface area contributed by atoms with Gasteiger partial charge in [-0.1, -0.05) is 26.0 Å². The van der Waals surface area contributed by atoms with Crippen LogP contribution in [0.15, 0.2) is 24.3 Å². The van der Waals surface area contributed by atoms with Crippen LogP contribution in [-0.4, -0.2) is 43.0 Å². The maximum atomic E-state index is 12.4. The number of nitrogens with one attached hydrogen (secondary N) is 1. The molecule has 0 unspecified atom stereocenters. The van der Waals surface area contributed by atoms with Crippen LogP contribution in [0.3, 0.4) is 0 Å². The van der Waals surface area contributed by atoms with E-state index in [1.807, 2.05) is 24.3 Å². The topological polar surface area (TPSA) is 58.6 Å². The summed E-state index contributed by atoms with van der Waals surface area (Å²) in [5.41, 5.74) is 0.940. The molecule has 1 aliphatic heterocycles. The number of ether oxygens (including phenoxy) is 1. The van der Waals surface area contributed by atoms with Crippen LogP contribution in [0, 0.1) is 0 Å². The Morgan fingerprint density at radius 1 is 1.30 bits per heavy atom. The van der Waals surface area contributed by atoms with E-state index >= 15 is 0 Å². The van der Waals surface area contributed by atoms with E-state index < -0.39 is 0 Å². The molecule has 1 aromatic carbocycles. The van der Waals surface area contributed by atoms with Crippen molar-refractivity contribution < 1.29 is 14.3 Å². The lowest BCUT2D eigenvalue weighted by atomic mass is 9.84. The third-order valence-corrected chi connectivity index (χ3v) is 4.54. The molecule has 0 aromatic heterocycles. The molecular formula is C18H26N2O3. The summed E-state index contributed by atoms with van der Waals surface area (Å²) in [7, 11) is 1.64. The van der Waals surface area contributed by atoms with E-state index in [-0.39, 0.29) is 23.3 Å². The molecule has 0 aliphatic carbocycles. The van der Waals surface area contributed by atoms with Crippen molar-refractivity contribution in [2.24, 2.45) is 0 Å². The molecule has 1 heterocycles. The number of amides is 2. The quantitative estimate of drug-likeness (QED) is 0.904. The second kappa shape index (κ2) is 7.02. The molecule has 1 fully saturated rings. The van der Waals surface area contributed by atoms with Crippen molar-refractivity contribution >= 4 is 11.8 Å². The van der Waals surface area contributed by atoms with Gasteiger partial charge in [0.15, 0.2) is 0 Å². The van der Waals surface area contributed by atoms with Gasteiger partial charge in [0.05, 0.1) is 7.11 Å². The fraction of sp³-hybridized carbons (Fsp3) is 0.556. The van der Waals surface area contributed by atoms with Crippen LogP contribution >= 0.6 is 0 Å². The van der Waals surface area contributed by atoms with E-state index in [2.05, 4.69) is 19.2 Å². The summed E-state index contributed by atoms with van der Waals surface area (Å²) in [6, 6.07) is 7.56. The molecule has 0 bridgehead atoms. The van der Waals surface area contributed by atoms with Crippen LogP contribution in [0.2, 0.25) is 0 Å². The average molecular weight is 318 g/mol. The van der Waals surface area contributed by atoms with Gasteiger partial charge in [-0.3, -0.25) is 9.59 Å². The molecule has 1 aliphatic rings. The number of methoxy groups -OCH3 is 1. The molecule has 1 saturated heterocycles. The summed E-state index contributed by atoms with van der Waals surface area (Å²) in [6.45, 7) is 6.90. The lowest BCUT2D eigenvalue weighted by Gasteiger charge is -2.28. The first-order valence-corrected chi connectivity index (χ1v) is 8.04. The van der Waals surface area contributed by atoms with Crippen molar-refractivity contribution in [3.8, 4) is 5.75 Å². The number of benzene rings is 1. The van der Waals surface area contributed by atoms with Crippen molar-refractivity contribution in [3.63, 3.8) is 0 Å². The summed E-state index contributed by atoms with van der Waals surface area (Å²) < 4.78 is 5.17. The Kier molecular flexibility index (Phi) is 5.29. The SMILES string of the molecule is COc1ccc(C(C)(C)CNC(=O)[C@@H]2CCCN2C(C)=O)cc1. The monoisotopic (exact) mass is 318 g/mol. The smallest absolute Gasteiger partial charge is 0.242 e. The number of hydrogen-bond donors (Lipinski definition) is 1. The van der Waals surface area contributed by atoms with Gasteiger partial charge < -0.3 is 15.0 Å². The van der Waals surface area contributed by atoms with Crippen LogP contribution in [-0.2, 0) is 15.0 Å². The molecule has 2 rings (SSSR count). The highest BCUT2D eigenvalue weighted by molar-refractivity contribution is 5.87. The number of likely N-dealkylation sites (tertiary alicyclic amines) is 1. The molecule has 0 saturated carbocycles. The van der Waals surface area contributed by atoms with Crippen LogP contribution in [0.25, 0.3) is 0 Å². The van der Waals surface area contributed by atoms with Crippen LogP contribution < -0.4 is 10.1 Å². The minimum absolute atomic E-state index is 0.0305. The van der Waals surface area contributed by atoms with Gasteiger partial charge in [-0.25, -0.2) is 0 Å². The van der Waals surface area contributed by atoms with Crippen molar-refractivity contribution in [1.29, 1.82) is 0 Å². The van der Waals surface area contributed by atoms with Crippen molar-refractivity contribution in [2.45, 2.75) is 45.1 Å². The van der Waals surface area contributed by atoms with Gasteiger partial charge in [0.25, 0.3) is 0 Å². The Labute approximate surface area is 138 Å². The Hall–Kier alpha value is -2.04. The summed E-state index contributed by atoms with van der Waals surface area (Å²) in [4.78, 5) is 25.7. The fourth-order valence-electron chi connectivity index (χ4n) is 2.99. The molecular weight excluding hydrogens is 292 g/mol. The largest absolute Gasteiger partial charge is 0.497 e. The summed E-state index contributed by atoms with van der Waals surface area (Å²) >= 11 is 0. The zero-order valence-corrected chi connectivity index (χ0v) is 14.4. The number of hydrogen-bond acceptors (Lipinski definition) is 3. The van der Waals surface area contributed by atoms with E-state index in [4.69, 9.17) is 4.74 Å². The highest BCUT2D eigenvalue weighted by atomic mass is 16.5. The molecule has 23 heavy (non-hydrogen) atoms. The van der Waals surface area contributed by atoms with Gasteiger partial charge in [-0.2, -0.15) is 0 Å². The first-order valence-electron chi connectivity index (χ1n) is 8.04. The zero-order valence-electron chi connectivity index (χ0n) is 14.4. The molecule has 126 valence electrons. The molecule has 5 nitrogen and oxygen atoms in total. The molecule has 5 heteroatoms. The predicted octanol–water partition coefficient (Wildman–Crippen LogP) is 2.10. The van der Waals surface area contributed by atoms with E-state index in [1.54, 1.807) is 12.0 Å². The Morgan fingerprint density at radius 3 is 2.52 bits per heavy atom. The van der Waals surface area contributed by atoms with Crippen LogP contribution in [0.5, 0.6) is 5.75 Å². The summed E-state index contributed by atoms with van der Waals surface area (Å²) in [5, 5.41) is 3.01. The van der Waals surface area contributed by atoms with E-state index in [0.29, 0.717) is 13.1 Å². The van der Waals surface area contributed by atoms with E-state index in [9.17, 15) is 9.59 Å². The first-order chi connectivity index (χ1) is 10.8. The third-order valence-electron chi connectivity index (χ3n) is 4.54. The molecule has 0 spiro atoms. The van der Waals surface area contributed by atoms with Gasteiger partial charge in [-0.05, 0) is 30.5 Å². The lowest BCUT2D eigenvalue weighted by molar-refractivity contribution is -0.136. The van der Waals surface area contributed by atoms with Crippen molar-refractivity contribution in [3.05, 3.63) is 29.8 Å². The number of nitrogens with zero attached hydrogens (tertiary/aromatic N) is 1.